The lowest BCUT2D eigenvalue weighted by molar-refractivity contribution is 0.175. The number of ether oxygens (including phenoxy) is 1. The van der Waals surface area contributed by atoms with Crippen LogP contribution in [0.25, 0.3) is 0 Å². The number of nitrogens with one attached hydrogen (secondary N) is 2. The molecule has 0 heterocycles. The third-order valence-corrected chi connectivity index (χ3v) is 2.01. The van der Waals surface area contributed by atoms with Gasteiger partial charge in [-0.15, -0.1) is 0 Å². The van der Waals surface area contributed by atoms with E-state index in [1.165, 1.54) is 0 Å². The van der Waals surface area contributed by atoms with E-state index >= 15 is 0 Å². The van der Waals surface area contributed by atoms with Crippen molar-refractivity contribution in [3.05, 3.63) is 29.8 Å². The molecule has 6 heteroatoms. The molecule has 0 bridgehead atoms. The Hall–Kier alpha value is -2.24. The second-order valence-electron chi connectivity index (χ2n) is 3.67. The van der Waals surface area contributed by atoms with E-state index in [0.717, 1.165) is 5.56 Å². The molecule has 17 heavy (non-hydrogen) atoms. The molecule has 0 aromatic heterocycles. The predicted octanol–water partition coefficient (Wildman–Crippen LogP) is 2.08. The average molecular weight is 238 g/mol. The summed E-state index contributed by atoms with van der Waals surface area (Å²) in [5.41, 5.74) is 4.59. The monoisotopic (exact) mass is 238 g/mol. The van der Waals surface area contributed by atoms with Gasteiger partial charge in [0.25, 0.3) is 0 Å². The van der Waals surface area contributed by atoms with Gasteiger partial charge >= 0.3 is 12.2 Å². The molecule has 0 atom stereocenters. The highest BCUT2D eigenvalue weighted by Crippen LogP contribution is 2.19. The fourth-order valence-electron chi connectivity index (χ4n) is 1.17. The van der Waals surface area contributed by atoms with Gasteiger partial charge in [-0.3, -0.25) is 0 Å². The predicted molar refractivity (Wildman–Crippen MR) is 60.9 cm³/mol. The van der Waals surface area contributed by atoms with Crippen molar-refractivity contribution < 1.29 is 19.4 Å². The zero-order chi connectivity index (χ0) is 12.8. The van der Waals surface area contributed by atoms with E-state index < -0.39 is 12.2 Å². The van der Waals surface area contributed by atoms with Gasteiger partial charge in [-0.1, -0.05) is 26.0 Å². The topological polar surface area (TPSA) is 87.7 Å². The molecule has 2 amide bonds. The minimum Gasteiger partial charge on any atom is -0.464 e. The normalized spacial score (nSPS) is 9.82. The first kappa shape index (κ1) is 12.8. The van der Waals surface area contributed by atoms with Gasteiger partial charge in [-0.05, 0) is 23.6 Å². The zero-order valence-electron chi connectivity index (χ0n) is 9.56. The lowest BCUT2D eigenvalue weighted by Crippen LogP contribution is -2.42. The highest BCUT2D eigenvalue weighted by Gasteiger charge is 2.06. The highest BCUT2D eigenvalue weighted by molar-refractivity contribution is 5.74. The van der Waals surface area contributed by atoms with E-state index in [0.29, 0.717) is 11.7 Å². The van der Waals surface area contributed by atoms with E-state index in [9.17, 15) is 9.59 Å². The molecular formula is C11H14N2O4. The van der Waals surface area contributed by atoms with Crippen molar-refractivity contribution in [2.24, 2.45) is 0 Å². The zero-order valence-corrected chi connectivity index (χ0v) is 9.56. The first-order valence-electron chi connectivity index (χ1n) is 5.05. The van der Waals surface area contributed by atoms with Crippen LogP contribution in [0.5, 0.6) is 5.75 Å². The maximum Gasteiger partial charge on any atom is 0.431 e. The minimum atomic E-state index is -1.36. The molecule has 6 nitrogen and oxygen atoms in total. The Morgan fingerprint density at radius 3 is 2.59 bits per heavy atom. The Labute approximate surface area is 98.6 Å². The van der Waals surface area contributed by atoms with Crippen LogP contribution in [0, 0.1) is 0 Å². The van der Waals surface area contributed by atoms with E-state index in [1.807, 2.05) is 25.3 Å². The second kappa shape index (κ2) is 5.74. The average Bonchev–Trinajstić information content (AvgIpc) is 2.26. The number of carbonyl (C=O) groups is 2. The lowest BCUT2D eigenvalue weighted by atomic mass is 10.0. The molecule has 1 aromatic rings. The number of hydrogen-bond donors (Lipinski definition) is 3. The Kier molecular flexibility index (Phi) is 4.33. The molecule has 0 saturated carbocycles. The van der Waals surface area contributed by atoms with Gasteiger partial charge < -0.3 is 9.84 Å². The van der Waals surface area contributed by atoms with Crippen LogP contribution in [-0.4, -0.2) is 17.3 Å². The van der Waals surface area contributed by atoms with Gasteiger partial charge in [0.05, 0.1) is 0 Å². The Morgan fingerprint density at radius 2 is 2.00 bits per heavy atom. The number of carbonyl (C=O) groups excluding carboxylic acids is 1. The molecule has 0 saturated heterocycles. The van der Waals surface area contributed by atoms with Crippen LogP contribution in [0.2, 0.25) is 0 Å². The maximum absolute atomic E-state index is 11.1. The molecule has 0 aliphatic carbocycles. The summed E-state index contributed by atoms with van der Waals surface area (Å²) in [6.07, 6.45) is -2.24. The molecule has 0 spiro atoms. The van der Waals surface area contributed by atoms with Crippen LogP contribution >= 0.6 is 0 Å². The molecule has 92 valence electrons. The second-order valence-corrected chi connectivity index (χ2v) is 3.67. The van der Waals surface area contributed by atoms with Gasteiger partial charge in [0.1, 0.15) is 5.75 Å². The van der Waals surface area contributed by atoms with E-state index in [4.69, 9.17) is 9.84 Å². The van der Waals surface area contributed by atoms with Gasteiger partial charge in [0.15, 0.2) is 0 Å². The molecule has 1 aromatic carbocycles. The van der Waals surface area contributed by atoms with Crippen LogP contribution in [0.1, 0.15) is 25.3 Å². The van der Waals surface area contributed by atoms with E-state index in [2.05, 4.69) is 0 Å². The summed E-state index contributed by atoms with van der Waals surface area (Å²) < 4.78 is 4.88. The van der Waals surface area contributed by atoms with Crippen molar-refractivity contribution in [1.82, 2.24) is 10.9 Å². The fourth-order valence-corrected chi connectivity index (χ4v) is 1.17. The van der Waals surface area contributed by atoms with E-state index in [1.54, 1.807) is 23.6 Å². The molecule has 0 unspecified atom stereocenters. The summed E-state index contributed by atoms with van der Waals surface area (Å²) >= 11 is 0. The minimum absolute atomic E-state index is 0.318. The number of rotatable bonds is 2. The molecule has 1 rings (SSSR count). The summed E-state index contributed by atoms with van der Waals surface area (Å²) in [6.45, 7) is 4.04. The molecule has 3 N–H and O–H groups in total. The van der Waals surface area contributed by atoms with Gasteiger partial charge in [0, 0.05) is 0 Å². The van der Waals surface area contributed by atoms with Gasteiger partial charge in [-0.25, -0.2) is 20.4 Å². The van der Waals surface area contributed by atoms with Crippen LogP contribution in [0.4, 0.5) is 9.59 Å². The third-order valence-electron chi connectivity index (χ3n) is 2.01. The first-order chi connectivity index (χ1) is 7.99. The summed E-state index contributed by atoms with van der Waals surface area (Å²) in [4.78, 5) is 21.3. The summed E-state index contributed by atoms with van der Waals surface area (Å²) in [7, 11) is 0. The number of benzene rings is 1. The summed E-state index contributed by atoms with van der Waals surface area (Å²) in [5.74, 6) is 0.680. The highest BCUT2D eigenvalue weighted by atomic mass is 16.6. The Bertz CT molecular complexity index is 418. The summed E-state index contributed by atoms with van der Waals surface area (Å²) in [5, 5.41) is 8.26. The number of hydrazine groups is 1. The first-order valence-corrected chi connectivity index (χ1v) is 5.05. The number of amides is 2. The Balaban J connectivity index is 2.59. The van der Waals surface area contributed by atoms with Crippen LogP contribution in [0.3, 0.4) is 0 Å². The number of carboxylic acid groups (broad SMARTS) is 1. The smallest absolute Gasteiger partial charge is 0.431 e. The number of hydrogen-bond acceptors (Lipinski definition) is 3. The quantitative estimate of drug-likeness (QED) is 0.688. The van der Waals surface area contributed by atoms with Gasteiger partial charge in [-0.2, -0.15) is 0 Å². The standard InChI is InChI=1S/C11H14N2O4/c1-7(2)8-4-3-5-9(6-8)17-11(16)13-12-10(14)15/h3-7,12H,1-2H3,(H,13,16)(H,14,15). The molecule has 0 fully saturated rings. The largest absolute Gasteiger partial charge is 0.464 e. The lowest BCUT2D eigenvalue weighted by Gasteiger charge is -2.09. The molecule has 0 radical (unpaired) electrons. The van der Waals surface area contributed by atoms with E-state index in [-0.39, 0.29) is 0 Å². The molecule has 0 aliphatic heterocycles. The van der Waals surface area contributed by atoms with Crippen molar-refractivity contribution in [3.8, 4) is 5.75 Å². The molecular weight excluding hydrogens is 224 g/mol. The van der Waals surface area contributed by atoms with Crippen molar-refractivity contribution in [1.29, 1.82) is 0 Å². The van der Waals surface area contributed by atoms with Crippen molar-refractivity contribution in [2.75, 3.05) is 0 Å². The Morgan fingerprint density at radius 1 is 1.29 bits per heavy atom. The van der Waals surface area contributed by atoms with Crippen LogP contribution in [-0.2, 0) is 0 Å². The maximum atomic E-state index is 11.1. The van der Waals surface area contributed by atoms with Crippen LogP contribution in [0.15, 0.2) is 24.3 Å². The van der Waals surface area contributed by atoms with Crippen LogP contribution < -0.4 is 15.6 Å². The van der Waals surface area contributed by atoms with Crippen molar-refractivity contribution in [2.45, 2.75) is 19.8 Å². The van der Waals surface area contributed by atoms with Crippen molar-refractivity contribution in [3.63, 3.8) is 0 Å². The molecule has 0 aliphatic rings. The third kappa shape index (κ3) is 4.42. The van der Waals surface area contributed by atoms with Gasteiger partial charge in [0.2, 0.25) is 0 Å². The summed E-state index contributed by atoms with van der Waals surface area (Å²) in [6, 6.07) is 7.03. The SMILES string of the molecule is CC(C)c1cccc(OC(=O)NNC(=O)O)c1. The fraction of sp³-hybridized carbons (Fsp3) is 0.273. The van der Waals surface area contributed by atoms with Crippen molar-refractivity contribution >= 4 is 12.2 Å².